The molecule has 1 aromatic heterocycles. The van der Waals surface area contributed by atoms with Crippen LogP contribution in [0.4, 0.5) is 0 Å². The molecule has 0 spiro atoms. The fourth-order valence-electron chi connectivity index (χ4n) is 2.34. The third kappa shape index (κ3) is 4.67. The van der Waals surface area contributed by atoms with E-state index >= 15 is 0 Å². The first-order valence-corrected chi connectivity index (χ1v) is 7.59. The van der Waals surface area contributed by atoms with Gasteiger partial charge in [-0.1, -0.05) is 39.5 Å². The summed E-state index contributed by atoms with van der Waals surface area (Å²) >= 11 is 0. The summed E-state index contributed by atoms with van der Waals surface area (Å²) in [6.07, 6.45) is 18.0. The summed E-state index contributed by atoms with van der Waals surface area (Å²) in [5, 5.41) is 0. The number of unbranched alkanes of at least 4 members (excludes halogenated alkanes) is 5. The topological polar surface area (TPSA) is 8.81 Å². The quantitative estimate of drug-likeness (QED) is 0.458. The van der Waals surface area contributed by atoms with Crippen molar-refractivity contribution in [1.82, 2.24) is 4.57 Å². The van der Waals surface area contributed by atoms with Crippen LogP contribution in [0.1, 0.15) is 65.1 Å². The minimum Gasteiger partial charge on any atom is -0.234 e. The molecule has 102 valence electrons. The second kappa shape index (κ2) is 8.96. The Labute approximate surface area is 112 Å². The van der Waals surface area contributed by atoms with E-state index in [-0.39, 0.29) is 0 Å². The van der Waals surface area contributed by atoms with E-state index in [0.29, 0.717) is 0 Å². The lowest BCUT2D eigenvalue weighted by molar-refractivity contribution is -0.700. The summed E-state index contributed by atoms with van der Waals surface area (Å²) in [5.41, 5.74) is 0. The van der Waals surface area contributed by atoms with Crippen molar-refractivity contribution in [1.29, 1.82) is 0 Å². The summed E-state index contributed by atoms with van der Waals surface area (Å²) in [6, 6.07) is 0. The van der Waals surface area contributed by atoms with Crippen LogP contribution in [0.15, 0.2) is 18.5 Å². The Kier molecular flexibility index (Phi) is 7.47. The summed E-state index contributed by atoms with van der Waals surface area (Å²) in [7, 11) is 0. The Balaban J connectivity index is 2.35. The molecule has 0 aliphatic carbocycles. The van der Waals surface area contributed by atoms with Gasteiger partial charge in [0.2, 0.25) is 0 Å². The van der Waals surface area contributed by atoms with Crippen LogP contribution in [0, 0.1) is 0 Å². The van der Waals surface area contributed by atoms with Crippen molar-refractivity contribution >= 4 is 6.20 Å². The SMILES string of the molecule is CCCCCCCC=Cn1cc[n+](CC)c1CC. The van der Waals surface area contributed by atoms with Gasteiger partial charge < -0.3 is 0 Å². The van der Waals surface area contributed by atoms with E-state index in [0.717, 1.165) is 13.0 Å². The van der Waals surface area contributed by atoms with Gasteiger partial charge in [-0.3, -0.25) is 0 Å². The summed E-state index contributed by atoms with van der Waals surface area (Å²) in [5.74, 6) is 1.39. The molecule has 0 saturated heterocycles. The minimum atomic E-state index is 1.06. The highest BCUT2D eigenvalue weighted by Gasteiger charge is 2.10. The number of nitrogens with zero attached hydrogens (tertiary/aromatic N) is 2. The lowest BCUT2D eigenvalue weighted by atomic mass is 10.1. The fourth-order valence-corrected chi connectivity index (χ4v) is 2.34. The summed E-state index contributed by atoms with van der Waals surface area (Å²) in [6.45, 7) is 7.74. The molecule has 0 amide bonds. The molecule has 1 heterocycles. The van der Waals surface area contributed by atoms with Gasteiger partial charge >= 0.3 is 0 Å². The van der Waals surface area contributed by atoms with E-state index in [1.54, 1.807) is 0 Å². The van der Waals surface area contributed by atoms with Gasteiger partial charge in [-0.2, -0.15) is 0 Å². The maximum atomic E-state index is 2.31. The zero-order chi connectivity index (χ0) is 13.2. The molecule has 0 radical (unpaired) electrons. The first-order valence-electron chi connectivity index (χ1n) is 7.59. The van der Waals surface area contributed by atoms with Gasteiger partial charge in [0, 0.05) is 6.42 Å². The lowest BCUT2D eigenvalue weighted by Crippen LogP contribution is -2.35. The summed E-state index contributed by atoms with van der Waals surface area (Å²) < 4.78 is 4.57. The molecule has 0 unspecified atom stereocenters. The fraction of sp³-hybridized carbons (Fsp3) is 0.688. The van der Waals surface area contributed by atoms with Crippen molar-refractivity contribution in [3.8, 4) is 0 Å². The average molecular weight is 249 g/mol. The van der Waals surface area contributed by atoms with Crippen molar-refractivity contribution < 1.29 is 4.57 Å². The first kappa shape index (κ1) is 15.0. The molecule has 0 saturated carbocycles. The molecule has 0 bridgehead atoms. The van der Waals surface area contributed by atoms with Crippen LogP contribution in [-0.4, -0.2) is 4.57 Å². The molecule has 1 aromatic rings. The molecular weight excluding hydrogens is 220 g/mol. The van der Waals surface area contributed by atoms with Crippen molar-refractivity contribution in [3.05, 3.63) is 24.3 Å². The zero-order valence-corrected chi connectivity index (χ0v) is 12.4. The Morgan fingerprint density at radius 3 is 2.56 bits per heavy atom. The summed E-state index contributed by atoms with van der Waals surface area (Å²) in [4.78, 5) is 0. The molecule has 2 heteroatoms. The van der Waals surface area contributed by atoms with E-state index in [4.69, 9.17) is 0 Å². The van der Waals surface area contributed by atoms with Gasteiger partial charge in [-0.25, -0.2) is 9.13 Å². The van der Waals surface area contributed by atoms with Crippen molar-refractivity contribution in [3.63, 3.8) is 0 Å². The first-order chi connectivity index (χ1) is 8.83. The van der Waals surface area contributed by atoms with Crippen LogP contribution in [-0.2, 0) is 13.0 Å². The predicted molar refractivity (Wildman–Crippen MR) is 78.4 cm³/mol. The number of aryl methyl sites for hydroxylation is 1. The maximum Gasteiger partial charge on any atom is 0.260 e. The number of allylic oxidation sites excluding steroid dienone is 1. The van der Waals surface area contributed by atoms with Crippen LogP contribution in [0.3, 0.4) is 0 Å². The Hall–Kier alpha value is -1.05. The number of imidazole rings is 1. The number of hydrogen-bond donors (Lipinski definition) is 0. The highest BCUT2D eigenvalue weighted by atomic mass is 15.1. The van der Waals surface area contributed by atoms with E-state index in [9.17, 15) is 0 Å². The smallest absolute Gasteiger partial charge is 0.234 e. The van der Waals surface area contributed by atoms with E-state index < -0.39 is 0 Å². The molecule has 0 aliphatic heterocycles. The van der Waals surface area contributed by atoms with Crippen molar-refractivity contribution in [2.45, 2.75) is 72.3 Å². The molecule has 0 N–H and O–H groups in total. The Morgan fingerprint density at radius 1 is 1.11 bits per heavy atom. The van der Waals surface area contributed by atoms with Crippen LogP contribution < -0.4 is 4.57 Å². The highest BCUT2D eigenvalue weighted by molar-refractivity contribution is 5.22. The molecule has 0 atom stereocenters. The van der Waals surface area contributed by atoms with Gasteiger partial charge in [-0.15, -0.1) is 0 Å². The third-order valence-corrected chi connectivity index (χ3v) is 3.43. The normalized spacial score (nSPS) is 11.5. The second-order valence-electron chi connectivity index (χ2n) is 4.85. The molecule has 1 rings (SSSR count). The molecule has 0 fully saturated rings. The van der Waals surface area contributed by atoms with E-state index in [1.165, 1.54) is 44.3 Å². The van der Waals surface area contributed by atoms with Crippen molar-refractivity contribution in [2.75, 3.05) is 0 Å². The standard InChI is InChI=1S/C16H29N2/c1-4-7-8-9-10-11-12-13-18-15-14-17(6-3)16(18)5-2/h12-15H,4-11H2,1-3H3/q+1. The van der Waals surface area contributed by atoms with Crippen LogP contribution in [0.25, 0.3) is 6.20 Å². The van der Waals surface area contributed by atoms with E-state index in [1.807, 2.05) is 0 Å². The molecule has 18 heavy (non-hydrogen) atoms. The average Bonchev–Trinajstić information content (AvgIpc) is 2.79. The van der Waals surface area contributed by atoms with Crippen LogP contribution in [0.2, 0.25) is 0 Å². The third-order valence-electron chi connectivity index (χ3n) is 3.43. The van der Waals surface area contributed by atoms with Gasteiger partial charge in [0.05, 0.1) is 12.7 Å². The second-order valence-corrected chi connectivity index (χ2v) is 4.85. The Bertz CT molecular complexity index is 350. The van der Waals surface area contributed by atoms with Crippen molar-refractivity contribution in [2.24, 2.45) is 0 Å². The Morgan fingerprint density at radius 2 is 1.89 bits per heavy atom. The van der Waals surface area contributed by atoms with E-state index in [2.05, 4.69) is 54.6 Å². The monoisotopic (exact) mass is 249 g/mol. The largest absolute Gasteiger partial charge is 0.260 e. The highest BCUT2D eigenvalue weighted by Crippen LogP contribution is 2.06. The molecule has 0 aromatic carbocycles. The molecule has 2 nitrogen and oxygen atoms in total. The zero-order valence-electron chi connectivity index (χ0n) is 12.4. The maximum absolute atomic E-state index is 2.31. The van der Waals surface area contributed by atoms with Gasteiger partial charge in [0.25, 0.3) is 5.82 Å². The molecular formula is C16H29N2+. The van der Waals surface area contributed by atoms with Crippen LogP contribution >= 0.6 is 0 Å². The number of rotatable bonds is 9. The number of hydrogen-bond acceptors (Lipinski definition) is 0. The van der Waals surface area contributed by atoms with Gasteiger partial charge in [0.1, 0.15) is 12.4 Å². The minimum absolute atomic E-state index is 1.06. The predicted octanol–water partition coefficient (Wildman–Crippen LogP) is 4.19. The van der Waals surface area contributed by atoms with Gasteiger partial charge in [0.15, 0.2) is 0 Å². The van der Waals surface area contributed by atoms with Crippen LogP contribution in [0.5, 0.6) is 0 Å². The number of aromatic nitrogens is 2. The van der Waals surface area contributed by atoms with Gasteiger partial charge in [-0.05, 0) is 25.8 Å². The lowest BCUT2D eigenvalue weighted by Gasteiger charge is -1.97. The molecule has 0 aliphatic rings.